The van der Waals surface area contributed by atoms with Gasteiger partial charge in [-0.25, -0.2) is 10.4 Å². The van der Waals surface area contributed by atoms with Crippen LogP contribution in [-0.4, -0.2) is 22.8 Å². The molecule has 6 nitrogen and oxygen atoms in total. The number of hydrogen-bond acceptors (Lipinski definition) is 6. The Morgan fingerprint density at radius 2 is 1.77 bits per heavy atom. The lowest BCUT2D eigenvalue weighted by Crippen LogP contribution is -2.03. The zero-order chi connectivity index (χ0) is 18.4. The van der Waals surface area contributed by atoms with Crippen LogP contribution in [-0.2, 0) is 0 Å². The van der Waals surface area contributed by atoms with Gasteiger partial charge in [0.05, 0.1) is 19.0 Å². The van der Waals surface area contributed by atoms with E-state index < -0.39 is 0 Å². The van der Waals surface area contributed by atoms with E-state index in [1.807, 2.05) is 61.5 Å². The van der Waals surface area contributed by atoms with E-state index in [1.54, 1.807) is 7.11 Å². The van der Waals surface area contributed by atoms with Gasteiger partial charge in [-0.2, -0.15) is 10.1 Å². The molecular formula is C19H17ClN4O2. The summed E-state index contributed by atoms with van der Waals surface area (Å²) in [6.45, 7) is 1.88. The highest BCUT2D eigenvalue weighted by atomic mass is 35.5. The Hall–Kier alpha value is -3.12. The highest BCUT2D eigenvalue weighted by Gasteiger charge is 2.08. The summed E-state index contributed by atoms with van der Waals surface area (Å²) >= 11 is 6.11. The Kier molecular flexibility index (Phi) is 5.66. The first kappa shape index (κ1) is 17.7. The molecule has 1 aromatic heterocycles. The van der Waals surface area contributed by atoms with Crippen LogP contribution < -0.4 is 14.9 Å². The van der Waals surface area contributed by atoms with Gasteiger partial charge >= 0.3 is 0 Å². The average molecular weight is 369 g/mol. The number of hydrazone groups is 1. The van der Waals surface area contributed by atoms with Gasteiger partial charge in [0.25, 0.3) is 0 Å². The van der Waals surface area contributed by atoms with Crippen LogP contribution in [0.1, 0.15) is 12.5 Å². The maximum Gasteiger partial charge on any atom is 0.246 e. The van der Waals surface area contributed by atoms with Crippen molar-refractivity contribution in [2.75, 3.05) is 12.5 Å². The molecule has 0 aliphatic rings. The van der Waals surface area contributed by atoms with Crippen LogP contribution in [0.5, 0.6) is 17.4 Å². The van der Waals surface area contributed by atoms with Gasteiger partial charge in [-0.05, 0) is 48.9 Å². The molecule has 3 aromatic rings. The van der Waals surface area contributed by atoms with Crippen LogP contribution in [0.3, 0.4) is 0 Å². The number of benzene rings is 2. The molecule has 0 spiro atoms. The molecule has 0 aliphatic heterocycles. The van der Waals surface area contributed by atoms with Gasteiger partial charge in [0.15, 0.2) is 0 Å². The lowest BCUT2D eigenvalue weighted by molar-refractivity contribution is 0.415. The van der Waals surface area contributed by atoms with Gasteiger partial charge in [-0.1, -0.05) is 29.8 Å². The topological polar surface area (TPSA) is 68.6 Å². The fourth-order valence-electron chi connectivity index (χ4n) is 2.11. The van der Waals surface area contributed by atoms with Crippen LogP contribution in [0.25, 0.3) is 0 Å². The normalized spacial score (nSPS) is 11.1. The quantitative estimate of drug-likeness (QED) is 0.501. The van der Waals surface area contributed by atoms with Crippen LogP contribution in [0.15, 0.2) is 65.9 Å². The number of halogens is 1. The third kappa shape index (κ3) is 4.49. The number of anilines is 1. The minimum Gasteiger partial charge on any atom is -0.497 e. The molecule has 1 heterocycles. The van der Waals surface area contributed by atoms with Crippen molar-refractivity contribution in [1.82, 2.24) is 9.97 Å². The molecule has 3 rings (SSSR count). The lowest BCUT2D eigenvalue weighted by Gasteiger charge is -2.08. The van der Waals surface area contributed by atoms with E-state index in [-0.39, 0.29) is 11.8 Å². The fraction of sp³-hybridized carbons (Fsp3) is 0.105. The van der Waals surface area contributed by atoms with Crippen LogP contribution in [0.2, 0.25) is 5.02 Å². The number of nitrogens with one attached hydrogen (secondary N) is 1. The maximum absolute atomic E-state index is 6.11. The molecule has 0 amide bonds. The van der Waals surface area contributed by atoms with Gasteiger partial charge in [0.2, 0.25) is 11.8 Å². The number of hydrogen-bond donors (Lipinski definition) is 1. The summed E-state index contributed by atoms with van der Waals surface area (Å²) in [5.41, 5.74) is 4.55. The van der Waals surface area contributed by atoms with Crippen molar-refractivity contribution >= 4 is 23.3 Å². The fourth-order valence-corrected chi connectivity index (χ4v) is 2.24. The van der Waals surface area contributed by atoms with Crippen molar-refractivity contribution in [2.24, 2.45) is 5.10 Å². The first-order valence-corrected chi connectivity index (χ1v) is 8.23. The van der Waals surface area contributed by atoms with E-state index in [0.29, 0.717) is 10.8 Å². The van der Waals surface area contributed by atoms with Crippen molar-refractivity contribution in [3.63, 3.8) is 0 Å². The second kappa shape index (κ2) is 8.31. The SMILES string of the molecule is COc1ccc(/C(C)=N/Nc2ncc(Cl)c(Oc3ccccc3)n2)cc1. The minimum atomic E-state index is 0.257. The van der Waals surface area contributed by atoms with Crippen molar-refractivity contribution in [1.29, 1.82) is 0 Å². The number of aromatic nitrogens is 2. The highest BCUT2D eigenvalue weighted by Crippen LogP contribution is 2.27. The summed E-state index contributed by atoms with van der Waals surface area (Å²) in [6, 6.07) is 16.9. The monoisotopic (exact) mass is 368 g/mol. The predicted octanol–water partition coefficient (Wildman–Crippen LogP) is 4.77. The highest BCUT2D eigenvalue weighted by molar-refractivity contribution is 6.31. The molecule has 26 heavy (non-hydrogen) atoms. The first-order chi connectivity index (χ1) is 12.7. The molecule has 1 N–H and O–H groups in total. The molecule has 7 heteroatoms. The van der Waals surface area contributed by atoms with Gasteiger partial charge in [0.1, 0.15) is 16.5 Å². The molecule has 0 fully saturated rings. The molecule has 0 saturated heterocycles. The molecule has 0 saturated carbocycles. The smallest absolute Gasteiger partial charge is 0.246 e. The van der Waals surface area contributed by atoms with Crippen molar-refractivity contribution in [2.45, 2.75) is 6.92 Å². The van der Waals surface area contributed by atoms with Gasteiger partial charge in [0, 0.05) is 0 Å². The van der Waals surface area contributed by atoms with E-state index in [0.717, 1.165) is 17.0 Å². The summed E-state index contributed by atoms with van der Waals surface area (Å²) in [5, 5.41) is 4.62. The zero-order valence-electron chi connectivity index (χ0n) is 14.3. The Morgan fingerprint density at radius 1 is 1.04 bits per heavy atom. The molecule has 0 bridgehead atoms. The summed E-state index contributed by atoms with van der Waals surface area (Å²) < 4.78 is 10.8. The number of para-hydroxylation sites is 1. The Bertz CT molecular complexity index is 899. The van der Waals surface area contributed by atoms with Crippen molar-refractivity contribution < 1.29 is 9.47 Å². The minimum absolute atomic E-state index is 0.257. The summed E-state index contributed by atoms with van der Waals surface area (Å²) in [7, 11) is 1.63. The summed E-state index contributed by atoms with van der Waals surface area (Å²) in [6.07, 6.45) is 1.47. The Labute approximate surface area is 156 Å². The third-order valence-corrected chi connectivity index (χ3v) is 3.76. The second-order valence-corrected chi connectivity index (χ2v) is 5.71. The van der Waals surface area contributed by atoms with Gasteiger partial charge in [-0.3, -0.25) is 0 Å². The standard InChI is InChI=1S/C19H17ClN4O2/c1-13(14-8-10-15(25-2)11-9-14)23-24-19-21-12-17(20)18(22-19)26-16-6-4-3-5-7-16/h3-12H,1-2H3,(H,21,22,24)/b23-13+. The molecule has 0 atom stereocenters. The molecule has 132 valence electrons. The first-order valence-electron chi connectivity index (χ1n) is 7.86. The number of rotatable bonds is 6. The Balaban J connectivity index is 1.74. The maximum atomic E-state index is 6.11. The predicted molar refractivity (Wildman–Crippen MR) is 102 cm³/mol. The van der Waals surface area contributed by atoms with E-state index >= 15 is 0 Å². The van der Waals surface area contributed by atoms with E-state index in [4.69, 9.17) is 21.1 Å². The third-order valence-electron chi connectivity index (χ3n) is 3.50. The van der Waals surface area contributed by atoms with E-state index in [1.165, 1.54) is 6.20 Å². The largest absolute Gasteiger partial charge is 0.497 e. The number of ether oxygens (including phenoxy) is 2. The molecule has 2 aromatic carbocycles. The van der Waals surface area contributed by atoms with Crippen molar-refractivity contribution in [3.05, 3.63) is 71.4 Å². The Morgan fingerprint density at radius 3 is 2.46 bits per heavy atom. The molecule has 0 unspecified atom stereocenters. The summed E-state index contributed by atoms with van der Waals surface area (Å²) in [5.74, 6) is 1.97. The van der Waals surface area contributed by atoms with Gasteiger partial charge in [-0.15, -0.1) is 0 Å². The second-order valence-electron chi connectivity index (χ2n) is 5.30. The molecular weight excluding hydrogens is 352 g/mol. The summed E-state index contributed by atoms with van der Waals surface area (Å²) in [4.78, 5) is 8.37. The number of methoxy groups -OCH3 is 1. The lowest BCUT2D eigenvalue weighted by atomic mass is 10.1. The van der Waals surface area contributed by atoms with Crippen LogP contribution in [0.4, 0.5) is 5.95 Å². The zero-order valence-corrected chi connectivity index (χ0v) is 15.1. The van der Waals surface area contributed by atoms with E-state index in [9.17, 15) is 0 Å². The average Bonchev–Trinajstić information content (AvgIpc) is 2.69. The van der Waals surface area contributed by atoms with Crippen molar-refractivity contribution in [3.8, 4) is 17.4 Å². The van der Waals surface area contributed by atoms with Gasteiger partial charge < -0.3 is 9.47 Å². The number of nitrogens with zero attached hydrogens (tertiary/aromatic N) is 3. The van der Waals surface area contributed by atoms with Crippen LogP contribution in [0, 0.1) is 0 Å². The van der Waals surface area contributed by atoms with Crippen LogP contribution >= 0.6 is 11.6 Å². The molecule has 0 radical (unpaired) electrons. The van der Waals surface area contributed by atoms with E-state index in [2.05, 4.69) is 20.5 Å². The molecule has 0 aliphatic carbocycles.